The lowest BCUT2D eigenvalue weighted by molar-refractivity contribution is 0.0744. The lowest BCUT2D eigenvalue weighted by Crippen LogP contribution is -2.30. The molecular weight excluding hydrogens is 390 g/mol. The van der Waals surface area contributed by atoms with Crippen molar-refractivity contribution < 1.29 is 14.6 Å². The zero-order valence-electron chi connectivity index (χ0n) is 18.1. The maximum absolute atomic E-state index is 13.2. The number of aryl methyl sites for hydroxylation is 2. The van der Waals surface area contributed by atoms with Gasteiger partial charge in [-0.3, -0.25) is 9.89 Å². The largest absolute Gasteiger partial charge is 0.507 e. The lowest BCUT2D eigenvalue weighted by atomic mass is 9.94. The molecule has 1 amide bonds. The van der Waals surface area contributed by atoms with E-state index in [0.717, 1.165) is 34.4 Å². The van der Waals surface area contributed by atoms with Crippen molar-refractivity contribution in [2.24, 2.45) is 0 Å². The predicted molar refractivity (Wildman–Crippen MR) is 120 cm³/mol. The number of nitrogens with zero attached hydrogens (tertiary/aromatic N) is 2. The third kappa shape index (κ3) is 3.58. The maximum atomic E-state index is 13.2. The number of fused-ring (bicyclic) bond motifs is 1. The molecule has 0 saturated carbocycles. The van der Waals surface area contributed by atoms with Crippen molar-refractivity contribution in [2.45, 2.75) is 33.2 Å². The van der Waals surface area contributed by atoms with Gasteiger partial charge in [0.05, 0.1) is 6.04 Å². The van der Waals surface area contributed by atoms with Crippen LogP contribution in [0.15, 0.2) is 49.1 Å². The topological polar surface area (TPSA) is 78.5 Å². The number of phenols is 1. The highest BCUT2D eigenvalue weighted by atomic mass is 16.5. The molecule has 1 atom stereocenters. The van der Waals surface area contributed by atoms with E-state index in [1.165, 1.54) is 0 Å². The number of H-pyrrole nitrogens is 1. The summed E-state index contributed by atoms with van der Waals surface area (Å²) in [5, 5.41) is 18.2. The van der Waals surface area contributed by atoms with Gasteiger partial charge in [0.25, 0.3) is 5.91 Å². The van der Waals surface area contributed by atoms with E-state index in [1.807, 2.05) is 55.1 Å². The number of hydrogen-bond acceptors (Lipinski definition) is 4. The quantitative estimate of drug-likeness (QED) is 0.535. The molecule has 2 heterocycles. The average molecular weight is 418 g/mol. The van der Waals surface area contributed by atoms with Gasteiger partial charge in [-0.05, 0) is 55.2 Å². The van der Waals surface area contributed by atoms with Gasteiger partial charge in [-0.2, -0.15) is 5.10 Å². The van der Waals surface area contributed by atoms with E-state index in [1.54, 1.807) is 6.08 Å². The van der Waals surface area contributed by atoms with Crippen LogP contribution in [0.4, 0.5) is 0 Å². The van der Waals surface area contributed by atoms with Crippen LogP contribution in [-0.2, 0) is 0 Å². The number of phenolic OH excluding ortho intramolecular Hbond substituents is 1. The zero-order valence-corrected chi connectivity index (χ0v) is 18.1. The summed E-state index contributed by atoms with van der Waals surface area (Å²) < 4.78 is 5.61. The van der Waals surface area contributed by atoms with E-state index in [-0.39, 0.29) is 17.7 Å². The van der Waals surface area contributed by atoms with Crippen molar-refractivity contribution in [1.82, 2.24) is 15.1 Å². The summed E-state index contributed by atoms with van der Waals surface area (Å²) >= 11 is 0. The molecule has 0 fully saturated rings. The van der Waals surface area contributed by atoms with Crippen LogP contribution >= 0.6 is 0 Å². The van der Waals surface area contributed by atoms with Gasteiger partial charge in [0.2, 0.25) is 0 Å². The molecule has 6 nitrogen and oxygen atoms in total. The molecule has 0 saturated heterocycles. The first-order chi connectivity index (χ1) is 15.0. The molecule has 1 aliphatic rings. The highest BCUT2D eigenvalue weighted by Crippen LogP contribution is 2.45. The van der Waals surface area contributed by atoms with E-state index < -0.39 is 0 Å². The average Bonchev–Trinajstić information content (AvgIpc) is 3.29. The van der Waals surface area contributed by atoms with Gasteiger partial charge in [0.1, 0.15) is 29.5 Å². The zero-order chi connectivity index (χ0) is 22.1. The summed E-state index contributed by atoms with van der Waals surface area (Å²) in [6, 6.07) is 11.3. The molecule has 1 aromatic heterocycles. The smallest absolute Gasteiger partial charge is 0.273 e. The second-order valence-electron chi connectivity index (χ2n) is 7.91. The monoisotopic (exact) mass is 417 g/mol. The Labute approximate surface area is 182 Å². The standard InChI is InChI=1S/C25H27N3O3/c1-5-11-28-23(17-7-9-18(10-8-17)31-12-6-2)20-21(26-27-22(20)25(28)30)19-14-15(3)13-16(4)24(19)29/h6-10,13-14,23,29H,2,5,11-12H2,1,3-4H3,(H,26,27). The molecule has 2 N–H and O–H groups in total. The van der Waals surface area contributed by atoms with Crippen molar-refractivity contribution >= 4 is 5.91 Å². The number of rotatable bonds is 7. The minimum Gasteiger partial charge on any atom is -0.507 e. The van der Waals surface area contributed by atoms with Crippen LogP contribution in [0, 0.1) is 13.8 Å². The van der Waals surface area contributed by atoms with Gasteiger partial charge < -0.3 is 14.7 Å². The van der Waals surface area contributed by atoms with Crippen LogP contribution in [-0.4, -0.2) is 39.3 Å². The molecule has 0 aliphatic carbocycles. The summed E-state index contributed by atoms with van der Waals surface area (Å²) in [5.74, 6) is 0.860. The Hall–Kier alpha value is -3.54. The summed E-state index contributed by atoms with van der Waals surface area (Å²) in [4.78, 5) is 15.1. The third-order valence-corrected chi connectivity index (χ3v) is 5.59. The normalized spacial score (nSPS) is 15.3. The number of carbonyl (C=O) groups is 1. The van der Waals surface area contributed by atoms with Crippen molar-refractivity contribution in [2.75, 3.05) is 13.2 Å². The van der Waals surface area contributed by atoms with Gasteiger partial charge in [-0.1, -0.05) is 37.8 Å². The van der Waals surface area contributed by atoms with Gasteiger partial charge in [-0.25, -0.2) is 0 Å². The molecule has 2 aromatic carbocycles. The van der Waals surface area contributed by atoms with E-state index in [9.17, 15) is 9.90 Å². The van der Waals surface area contributed by atoms with Crippen LogP contribution in [0.2, 0.25) is 0 Å². The van der Waals surface area contributed by atoms with Crippen molar-refractivity contribution in [1.29, 1.82) is 0 Å². The SMILES string of the molecule is C=CCOc1ccc(C2c3c(-c4cc(C)cc(C)c4O)n[nH]c3C(=O)N2CCC)cc1. The van der Waals surface area contributed by atoms with Crippen LogP contribution in [0.1, 0.15) is 52.1 Å². The molecular formula is C25H27N3O3. The van der Waals surface area contributed by atoms with E-state index >= 15 is 0 Å². The summed E-state index contributed by atoms with van der Waals surface area (Å²) in [5.41, 5.74) is 5.31. The molecule has 0 radical (unpaired) electrons. The molecule has 0 spiro atoms. The molecule has 4 rings (SSSR count). The van der Waals surface area contributed by atoms with Crippen molar-refractivity contribution in [3.05, 3.63) is 77.0 Å². The number of benzene rings is 2. The number of aromatic hydroxyl groups is 1. The molecule has 0 bridgehead atoms. The fourth-order valence-electron chi connectivity index (χ4n) is 4.26. The van der Waals surface area contributed by atoms with Crippen molar-refractivity contribution in [3.8, 4) is 22.8 Å². The molecule has 1 unspecified atom stereocenters. The Morgan fingerprint density at radius 1 is 1.26 bits per heavy atom. The summed E-state index contributed by atoms with van der Waals surface area (Å²) in [6.07, 6.45) is 2.54. The third-order valence-electron chi connectivity index (χ3n) is 5.59. The number of aromatic amines is 1. The van der Waals surface area contributed by atoms with Crippen LogP contribution in [0.5, 0.6) is 11.5 Å². The Bertz CT molecular complexity index is 1130. The fourth-order valence-corrected chi connectivity index (χ4v) is 4.26. The van der Waals surface area contributed by atoms with Crippen LogP contribution in [0.3, 0.4) is 0 Å². The Morgan fingerprint density at radius 3 is 2.68 bits per heavy atom. The van der Waals surface area contributed by atoms with E-state index in [2.05, 4.69) is 23.7 Å². The van der Waals surface area contributed by atoms with Crippen LogP contribution in [0.25, 0.3) is 11.3 Å². The number of nitrogens with one attached hydrogen (secondary N) is 1. The van der Waals surface area contributed by atoms with E-state index in [4.69, 9.17) is 4.74 Å². The molecule has 3 aromatic rings. The first-order valence-corrected chi connectivity index (χ1v) is 10.5. The number of amides is 1. The number of hydrogen-bond donors (Lipinski definition) is 2. The second-order valence-corrected chi connectivity index (χ2v) is 7.91. The Balaban J connectivity index is 1.84. The Morgan fingerprint density at radius 2 is 2.00 bits per heavy atom. The van der Waals surface area contributed by atoms with Gasteiger partial charge in [-0.15, -0.1) is 0 Å². The minimum atomic E-state index is -0.287. The number of carbonyl (C=O) groups excluding carboxylic acids is 1. The molecule has 160 valence electrons. The summed E-state index contributed by atoms with van der Waals surface area (Å²) in [7, 11) is 0. The molecule has 1 aliphatic heterocycles. The Kier molecular flexibility index (Phi) is 5.55. The van der Waals surface area contributed by atoms with E-state index in [0.29, 0.717) is 30.1 Å². The molecule has 6 heteroatoms. The second kappa shape index (κ2) is 8.30. The minimum absolute atomic E-state index is 0.0727. The predicted octanol–water partition coefficient (Wildman–Crippen LogP) is 4.92. The van der Waals surface area contributed by atoms with Crippen molar-refractivity contribution in [3.63, 3.8) is 0 Å². The van der Waals surface area contributed by atoms with Gasteiger partial charge >= 0.3 is 0 Å². The first-order valence-electron chi connectivity index (χ1n) is 10.5. The van der Waals surface area contributed by atoms with Crippen LogP contribution < -0.4 is 4.74 Å². The molecule has 31 heavy (non-hydrogen) atoms. The number of aromatic nitrogens is 2. The highest BCUT2D eigenvalue weighted by Gasteiger charge is 2.42. The van der Waals surface area contributed by atoms with Gasteiger partial charge in [0.15, 0.2) is 0 Å². The van der Waals surface area contributed by atoms with Gasteiger partial charge in [0, 0.05) is 17.7 Å². The first kappa shape index (κ1) is 20.7. The highest BCUT2D eigenvalue weighted by molar-refractivity contribution is 6.00. The summed E-state index contributed by atoms with van der Waals surface area (Å²) in [6.45, 7) is 10.6. The fraction of sp³-hybridized carbons (Fsp3) is 0.280. The number of ether oxygens (including phenoxy) is 1. The maximum Gasteiger partial charge on any atom is 0.273 e. The lowest BCUT2D eigenvalue weighted by Gasteiger charge is -2.26.